The van der Waals surface area contributed by atoms with Crippen molar-refractivity contribution in [2.24, 2.45) is 11.8 Å². The number of ether oxygens (including phenoxy) is 1. The fraction of sp³-hybridized carbons (Fsp3) is 0.404. The number of benzene rings is 3. The average molecular weight is 937 g/mol. The van der Waals surface area contributed by atoms with Crippen LogP contribution < -0.4 is 19.7 Å². The minimum Gasteiger partial charge on any atom is -0.455 e. The van der Waals surface area contributed by atoms with E-state index in [9.17, 15) is 26.4 Å². The average Bonchev–Trinajstić information content (AvgIpc) is 3.75. The summed E-state index contributed by atoms with van der Waals surface area (Å²) in [6.45, 7) is 10.2. The SMILES string of the molecule is CC(C)C1CCC(c2ccc(Cl)cc2)=C(CN2CCN(c3ccc(C(=O)NSc4ccc(NC5CCN(C)CC5)c(S(=O)(=O)C(F)(F)F)c4)c(Oc4cnc5[nH]ccc5c4)c3)CC2)C1. The van der Waals surface area contributed by atoms with Crippen molar-refractivity contribution in [1.29, 1.82) is 0 Å². The van der Waals surface area contributed by atoms with Crippen LogP contribution in [0.4, 0.5) is 24.5 Å². The minimum atomic E-state index is -5.72. The maximum atomic E-state index is 14.0. The molecule has 3 aromatic carbocycles. The second-order valence-electron chi connectivity index (χ2n) is 17.3. The van der Waals surface area contributed by atoms with Gasteiger partial charge in [0, 0.05) is 72.0 Å². The number of nitrogens with one attached hydrogen (secondary N) is 3. The molecule has 11 nitrogen and oxygen atoms in total. The summed E-state index contributed by atoms with van der Waals surface area (Å²) in [6, 6.07) is 20.8. The van der Waals surface area contributed by atoms with Gasteiger partial charge in [-0.05, 0) is 142 Å². The molecule has 340 valence electrons. The van der Waals surface area contributed by atoms with Crippen LogP contribution in [0.15, 0.2) is 101 Å². The molecule has 8 rings (SSSR count). The molecule has 1 atom stereocenters. The Kier molecular flexibility index (Phi) is 13.9. The minimum absolute atomic E-state index is 0.105. The fourth-order valence-electron chi connectivity index (χ4n) is 8.86. The van der Waals surface area contributed by atoms with Gasteiger partial charge in [-0.15, -0.1) is 0 Å². The van der Waals surface area contributed by atoms with E-state index in [1.165, 1.54) is 35.3 Å². The van der Waals surface area contributed by atoms with E-state index in [0.717, 1.165) is 92.8 Å². The Morgan fingerprint density at radius 3 is 2.44 bits per heavy atom. The molecule has 1 aliphatic carbocycles. The molecular weight excluding hydrogens is 883 g/mol. The number of halogens is 4. The number of amides is 1. The van der Waals surface area contributed by atoms with E-state index in [-0.39, 0.29) is 27.9 Å². The van der Waals surface area contributed by atoms with E-state index >= 15 is 0 Å². The van der Waals surface area contributed by atoms with Gasteiger partial charge in [0.05, 0.1) is 17.4 Å². The highest BCUT2D eigenvalue weighted by Gasteiger charge is 2.48. The number of alkyl halides is 3. The van der Waals surface area contributed by atoms with E-state index in [2.05, 4.69) is 60.7 Å². The zero-order valence-electron chi connectivity index (χ0n) is 36.1. The summed E-state index contributed by atoms with van der Waals surface area (Å²) in [6.07, 6.45) is 7.93. The van der Waals surface area contributed by atoms with Crippen LogP contribution in [0, 0.1) is 11.8 Å². The highest BCUT2D eigenvalue weighted by Crippen LogP contribution is 2.41. The number of allylic oxidation sites excluding steroid dienone is 1. The normalized spacial score (nSPS) is 18.5. The first-order valence-electron chi connectivity index (χ1n) is 21.7. The number of sulfone groups is 1. The summed E-state index contributed by atoms with van der Waals surface area (Å²) in [5.41, 5.74) is 0.237. The lowest BCUT2D eigenvalue weighted by Gasteiger charge is -2.38. The van der Waals surface area contributed by atoms with Crippen molar-refractivity contribution in [2.45, 2.75) is 67.3 Å². The zero-order chi connectivity index (χ0) is 45.2. The molecule has 0 bridgehead atoms. The molecule has 17 heteroatoms. The molecule has 0 radical (unpaired) electrons. The number of carbonyl (C=O) groups excluding carboxylic acids is 1. The largest absolute Gasteiger partial charge is 0.501 e. The van der Waals surface area contributed by atoms with Gasteiger partial charge in [0.2, 0.25) is 0 Å². The molecule has 0 saturated carbocycles. The van der Waals surface area contributed by atoms with Crippen molar-refractivity contribution < 1.29 is 31.1 Å². The van der Waals surface area contributed by atoms with Crippen molar-refractivity contribution in [1.82, 2.24) is 24.5 Å². The predicted octanol–water partition coefficient (Wildman–Crippen LogP) is 10.3. The zero-order valence-corrected chi connectivity index (χ0v) is 38.4. The van der Waals surface area contributed by atoms with Gasteiger partial charge in [-0.2, -0.15) is 13.2 Å². The quantitative estimate of drug-likeness (QED) is 0.0984. The monoisotopic (exact) mass is 935 g/mol. The lowest BCUT2D eigenvalue weighted by atomic mass is 9.76. The maximum Gasteiger partial charge on any atom is 0.501 e. The number of nitrogens with zero attached hydrogens (tertiary/aromatic N) is 4. The molecular formula is C47H53ClF3N7O4S2. The highest BCUT2D eigenvalue weighted by molar-refractivity contribution is 7.98. The van der Waals surface area contributed by atoms with Crippen LogP contribution in [0.5, 0.6) is 11.5 Å². The van der Waals surface area contributed by atoms with Gasteiger partial charge in [0.1, 0.15) is 22.0 Å². The number of piperidine rings is 1. The van der Waals surface area contributed by atoms with Gasteiger partial charge in [-0.25, -0.2) is 13.4 Å². The number of likely N-dealkylation sites (tertiary alicyclic amines) is 1. The molecule has 64 heavy (non-hydrogen) atoms. The van der Waals surface area contributed by atoms with Crippen molar-refractivity contribution in [3.05, 3.63) is 107 Å². The Balaban J connectivity index is 1.00. The first-order chi connectivity index (χ1) is 30.6. The number of pyridine rings is 1. The number of fused-ring (bicyclic) bond motifs is 1. The fourth-order valence-corrected chi connectivity index (χ4v) is 10.6. The standard InChI is InChI=1S/C47H53ClF3N7O4S2/c1-30(2)32-6-11-40(31-4-7-35(48)8-5-31)34(24-32)29-57-20-22-58(23-21-57)37-9-12-41(43(26-37)62-38-25-33-14-17-52-45(33)53-28-38)46(59)55-63-39-10-13-42(54-36-15-18-56(3)19-16-36)44(27-39)64(60,61)47(49,50)51/h4-5,7-10,12-14,17,25-28,30,32,36,54H,6,11,15-16,18-24,29H2,1-3H3,(H,52,53)(H,55,59). The van der Waals surface area contributed by atoms with Crippen LogP contribution in [0.3, 0.4) is 0 Å². The summed E-state index contributed by atoms with van der Waals surface area (Å²) < 4.78 is 76.6. The second kappa shape index (κ2) is 19.4. The summed E-state index contributed by atoms with van der Waals surface area (Å²) in [5, 5.41) is 4.58. The van der Waals surface area contributed by atoms with Gasteiger partial charge < -0.3 is 24.8 Å². The Morgan fingerprint density at radius 1 is 0.969 bits per heavy atom. The number of hydrogen-bond acceptors (Lipinski definition) is 10. The second-order valence-corrected chi connectivity index (χ2v) is 20.6. The molecule has 5 aromatic rings. The van der Waals surface area contributed by atoms with Crippen LogP contribution in [0.25, 0.3) is 16.6 Å². The first kappa shape index (κ1) is 45.8. The number of anilines is 2. The molecule has 4 heterocycles. The number of aromatic amines is 1. The predicted molar refractivity (Wildman–Crippen MR) is 249 cm³/mol. The van der Waals surface area contributed by atoms with Crippen molar-refractivity contribution in [3.63, 3.8) is 0 Å². The summed E-state index contributed by atoms with van der Waals surface area (Å²) in [5.74, 6) is 1.33. The van der Waals surface area contributed by atoms with Gasteiger partial charge >= 0.3 is 5.51 Å². The molecule has 2 saturated heterocycles. The van der Waals surface area contributed by atoms with Crippen molar-refractivity contribution in [2.75, 3.05) is 63.1 Å². The number of H-pyrrole nitrogens is 1. The Hall–Kier alpha value is -4.74. The van der Waals surface area contributed by atoms with Crippen LogP contribution in [0.2, 0.25) is 5.02 Å². The van der Waals surface area contributed by atoms with E-state index in [4.69, 9.17) is 16.3 Å². The maximum absolute atomic E-state index is 14.0. The lowest BCUT2D eigenvalue weighted by molar-refractivity contribution is -0.0435. The molecule has 1 amide bonds. The van der Waals surface area contributed by atoms with Crippen molar-refractivity contribution >= 4 is 67.3 Å². The third kappa shape index (κ3) is 10.5. The summed E-state index contributed by atoms with van der Waals surface area (Å²) >= 11 is 6.97. The van der Waals surface area contributed by atoms with Crippen LogP contribution in [-0.2, 0) is 9.84 Å². The Bertz CT molecular complexity index is 2610. The third-order valence-corrected chi connectivity index (χ3v) is 15.2. The molecule has 1 unspecified atom stereocenters. The van der Waals surface area contributed by atoms with Gasteiger partial charge in [0.15, 0.2) is 0 Å². The topological polar surface area (TPSA) is 123 Å². The lowest BCUT2D eigenvalue weighted by Crippen LogP contribution is -2.47. The van der Waals surface area contributed by atoms with E-state index in [0.29, 0.717) is 36.1 Å². The smallest absolute Gasteiger partial charge is 0.455 e. The number of aromatic nitrogens is 2. The molecule has 3 N–H and O–H groups in total. The number of rotatable bonds is 13. The summed E-state index contributed by atoms with van der Waals surface area (Å²) in [7, 11) is -3.77. The third-order valence-electron chi connectivity index (χ3n) is 12.7. The molecule has 2 aromatic heterocycles. The molecule has 0 spiro atoms. The molecule has 3 aliphatic rings. The Labute approximate surface area is 381 Å². The van der Waals surface area contributed by atoms with Crippen LogP contribution in [-0.4, -0.2) is 98.5 Å². The first-order valence-corrected chi connectivity index (χ1v) is 24.4. The number of piperazine rings is 1. The van der Waals surface area contributed by atoms with Crippen LogP contribution in [0.1, 0.15) is 61.9 Å². The van der Waals surface area contributed by atoms with Crippen molar-refractivity contribution in [3.8, 4) is 11.5 Å². The molecule has 2 fully saturated rings. The molecule has 2 aliphatic heterocycles. The highest BCUT2D eigenvalue weighted by atomic mass is 35.5. The van der Waals surface area contributed by atoms with Gasteiger partial charge in [-0.3, -0.25) is 14.4 Å². The number of carbonyl (C=O) groups is 1. The van der Waals surface area contributed by atoms with E-state index in [1.807, 2.05) is 43.4 Å². The van der Waals surface area contributed by atoms with Crippen LogP contribution >= 0.6 is 23.5 Å². The van der Waals surface area contributed by atoms with E-state index in [1.54, 1.807) is 18.5 Å². The van der Waals surface area contributed by atoms with Gasteiger partial charge in [0.25, 0.3) is 15.7 Å². The van der Waals surface area contributed by atoms with Gasteiger partial charge in [-0.1, -0.05) is 43.2 Å². The Morgan fingerprint density at radius 2 is 1.72 bits per heavy atom. The van der Waals surface area contributed by atoms with E-state index < -0.39 is 26.1 Å². The summed E-state index contributed by atoms with van der Waals surface area (Å²) in [4.78, 5) is 27.6. The number of hydrogen-bond donors (Lipinski definition) is 3.